The van der Waals surface area contributed by atoms with Gasteiger partial charge in [0.25, 0.3) is 0 Å². The predicted molar refractivity (Wildman–Crippen MR) is 102 cm³/mol. The number of carbonyl (C=O) groups excluding carboxylic acids is 3. The first kappa shape index (κ1) is 20.1. The highest BCUT2D eigenvalue weighted by Gasteiger charge is 2.51. The number of esters is 3. The molecule has 0 saturated carbocycles. The molecular formula is C22H20O8. The van der Waals surface area contributed by atoms with Crippen LogP contribution in [0.2, 0.25) is 0 Å². The third-order valence-corrected chi connectivity index (χ3v) is 4.85. The maximum Gasteiger partial charge on any atom is 0.342 e. The van der Waals surface area contributed by atoms with Crippen LogP contribution in [0, 0.1) is 0 Å². The van der Waals surface area contributed by atoms with E-state index >= 15 is 0 Å². The van der Waals surface area contributed by atoms with E-state index in [0.717, 1.165) is 0 Å². The van der Waals surface area contributed by atoms with Crippen molar-refractivity contribution in [3.8, 4) is 5.75 Å². The molecule has 4 rings (SSSR count). The number of para-hydroxylation sites is 1. The Morgan fingerprint density at radius 1 is 0.800 bits per heavy atom. The molecule has 0 spiro atoms. The molecular weight excluding hydrogens is 392 g/mol. The zero-order valence-corrected chi connectivity index (χ0v) is 16.2. The highest BCUT2D eigenvalue weighted by atomic mass is 16.7. The van der Waals surface area contributed by atoms with Gasteiger partial charge in [-0.2, -0.15) is 0 Å². The van der Waals surface area contributed by atoms with Gasteiger partial charge in [-0.1, -0.05) is 30.3 Å². The number of rotatable bonds is 5. The molecule has 8 nitrogen and oxygen atoms in total. The Hall–Kier alpha value is -3.23. The van der Waals surface area contributed by atoms with Crippen molar-refractivity contribution in [1.29, 1.82) is 0 Å². The zero-order valence-electron chi connectivity index (χ0n) is 16.2. The van der Waals surface area contributed by atoms with E-state index in [-0.39, 0.29) is 24.5 Å². The monoisotopic (exact) mass is 412 g/mol. The van der Waals surface area contributed by atoms with E-state index in [1.807, 2.05) is 6.07 Å². The lowest BCUT2D eigenvalue weighted by atomic mass is 10.1. The summed E-state index contributed by atoms with van der Waals surface area (Å²) in [6.07, 6.45) is -2.35. The van der Waals surface area contributed by atoms with E-state index in [1.165, 1.54) is 19.1 Å². The molecule has 2 aliphatic heterocycles. The van der Waals surface area contributed by atoms with Gasteiger partial charge in [0.15, 0.2) is 12.2 Å². The van der Waals surface area contributed by atoms with Crippen LogP contribution >= 0.6 is 0 Å². The van der Waals surface area contributed by atoms with Crippen LogP contribution in [0.25, 0.3) is 0 Å². The van der Waals surface area contributed by atoms with Gasteiger partial charge < -0.3 is 23.7 Å². The second kappa shape index (κ2) is 8.64. The fraction of sp³-hybridized carbons (Fsp3) is 0.318. The SMILES string of the molecule is CC(=O)Oc1ccccc1C(=O)O[C@H]1CO[C@H]2[C@@H]1OC[C@H]2OC(=O)c1ccccc1. The van der Waals surface area contributed by atoms with Crippen molar-refractivity contribution in [2.24, 2.45) is 0 Å². The van der Waals surface area contributed by atoms with E-state index < -0.39 is 42.3 Å². The number of hydrogen-bond donors (Lipinski definition) is 0. The molecule has 4 atom stereocenters. The largest absolute Gasteiger partial charge is 0.453 e. The van der Waals surface area contributed by atoms with E-state index in [0.29, 0.717) is 5.56 Å². The maximum absolute atomic E-state index is 12.6. The van der Waals surface area contributed by atoms with E-state index in [1.54, 1.807) is 36.4 Å². The normalized spacial score (nSPS) is 24.7. The molecule has 2 aromatic rings. The Bertz CT molecular complexity index is 941. The molecule has 0 amide bonds. The number of carbonyl (C=O) groups is 3. The summed E-state index contributed by atoms with van der Waals surface area (Å²) in [7, 11) is 0. The molecule has 0 aromatic heterocycles. The van der Waals surface area contributed by atoms with E-state index in [9.17, 15) is 14.4 Å². The smallest absolute Gasteiger partial charge is 0.342 e. The van der Waals surface area contributed by atoms with Crippen LogP contribution in [0.4, 0.5) is 0 Å². The minimum absolute atomic E-state index is 0.107. The molecule has 0 unspecified atom stereocenters. The van der Waals surface area contributed by atoms with Crippen LogP contribution in [-0.2, 0) is 23.7 Å². The Morgan fingerprint density at radius 3 is 2.00 bits per heavy atom. The minimum atomic E-state index is -0.673. The quantitative estimate of drug-likeness (QED) is 0.544. The summed E-state index contributed by atoms with van der Waals surface area (Å²) in [5, 5.41) is 0. The molecule has 156 valence electrons. The van der Waals surface area contributed by atoms with Gasteiger partial charge in [-0.3, -0.25) is 4.79 Å². The van der Waals surface area contributed by atoms with E-state index in [2.05, 4.69) is 0 Å². The second-order valence-electron chi connectivity index (χ2n) is 6.94. The minimum Gasteiger partial charge on any atom is -0.453 e. The molecule has 30 heavy (non-hydrogen) atoms. The topological polar surface area (TPSA) is 97.4 Å². The lowest BCUT2D eigenvalue weighted by Crippen LogP contribution is -2.36. The van der Waals surface area contributed by atoms with Gasteiger partial charge in [0.05, 0.1) is 18.8 Å². The number of ether oxygens (including phenoxy) is 5. The van der Waals surface area contributed by atoms with Gasteiger partial charge in [-0.15, -0.1) is 0 Å². The number of fused-ring (bicyclic) bond motifs is 1. The Kier molecular flexibility index (Phi) is 5.78. The lowest BCUT2D eigenvalue weighted by Gasteiger charge is -2.18. The van der Waals surface area contributed by atoms with Gasteiger partial charge in [0, 0.05) is 6.92 Å². The lowest BCUT2D eigenvalue weighted by molar-refractivity contribution is -0.131. The van der Waals surface area contributed by atoms with Crippen molar-refractivity contribution >= 4 is 17.9 Å². The molecule has 2 fully saturated rings. The molecule has 0 radical (unpaired) electrons. The van der Waals surface area contributed by atoms with Crippen LogP contribution in [0.3, 0.4) is 0 Å². The van der Waals surface area contributed by atoms with Crippen molar-refractivity contribution < 1.29 is 38.1 Å². The Labute approximate surface area is 172 Å². The average Bonchev–Trinajstić information content (AvgIpc) is 3.32. The third kappa shape index (κ3) is 4.19. The number of hydrogen-bond acceptors (Lipinski definition) is 8. The van der Waals surface area contributed by atoms with Crippen molar-refractivity contribution in [2.75, 3.05) is 13.2 Å². The molecule has 0 N–H and O–H groups in total. The Morgan fingerprint density at radius 2 is 1.37 bits per heavy atom. The first-order valence-electron chi connectivity index (χ1n) is 9.50. The van der Waals surface area contributed by atoms with Gasteiger partial charge >= 0.3 is 17.9 Å². The summed E-state index contributed by atoms with van der Waals surface area (Å²) in [6.45, 7) is 1.50. The van der Waals surface area contributed by atoms with Crippen LogP contribution in [0.1, 0.15) is 27.6 Å². The van der Waals surface area contributed by atoms with Gasteiger partial charge in [-0.05, 0) is 24.3 Å². The van der Waals surface area contributed by atoms with Crippen LogP contribution in [0.5, 0.6) is 5.75 Å². The number of benzene rings is 2. The standard InChI is InChI=1S/C22H20O8/c1-13(23)28-16-10-6-5-9-15(16)22(25)30-18-12-27-19-17(11-26-20(18)19)29-21(24)14-7-3-2-4-8-14/h2-10,17-20H,11-12H2,1H3/t17-,18+,19-,20-/m1/s1. The van der Waals surface area contributed by atoms with Crippen molar-refractivity contribution in [1.82, 2.24) is 0 Å². The summed E-state index contributed by atoms with van der Waals surface area (Å²) in [5.41, 5.74) is 0.560. The Balaban J connectivity index is 1.39. The molecule has 0 bridgehead atoms. The molecule has 2 aliphatic rings. The second-order valence-corrected chi connectivity index (χ2v) is 6.94. The molecule has 2 aromatic carbocycles. The van der Waals surface area contributed by atoms with Gasteiger partial charge in [0.1, 0.15) is 23.5 Å². The first-order valence-corrected chi connectivity index (χ1v) is 9.50. The summed E-state index contributed by atoms with van der Waals surface area (Å²) in [6, 6.07) is 14.9. The fourth-order valence-electron chi connectivity index (χ4n) is 3.49. The molecule has 0 aliphatic carbocycles. The first-order chi connectivity index (χ1) is 14.5. The molecule has 2 heterocycles. The average molecular weight is 412 g/mol. The summed E-state index contributed by atoms with van der Waals surface area (Å²) in [5.74, 6) is -1.55. The summed E-state index contributed by atoms with van der Waals surface area (Å²) < 4.78 is 27.5. The predicted octanol–water partition coefficient (Wildman–Crippen LogP) is 2.16. The highest BCUT2D eigenvalue weighted by molar-refractivity contribution is 5.93. The van der Waals surface area contributed by atoms with Crippen molar-refractivity contribution in [2.45, 2.75) is 31.3 Å². The molecule has 2 saturated heterocycles. The highest BCUT2D eigenvalue weighted by Crippen LogP contribution is 2.32. The summed E-state index contributed by atoms with van der Waals surface area (Å²) >= 11 is 0. The van der Waals surface area contributed by atoms with Crippen molar-refractivity contribution in [3.63, 3.8) is 0 Å². The zero-order chi connectivity index (χ0) is 21.1. The van der Waals surface area contributed by atoms with Crippen LogP contribution < -0.4 is 4.74 Å². The van der Waals surface area contributed by atoms with Gasteiger partial charge in [0.2, 0.25) is 0 Å². The molecule has 8 heteroatoms. The maximum atomic E-state index is 12.6. The van der Waals surface area contributed by atoms with Crippen molar-refractivity contribution in [3.05, 3.63) is 65.7 Å². The fourth-order valence-corrected chi connectivity index (χ4v) is 3.49. The van der Waals surface area contributed by atoms with Crippen LogP contribution in [0.15, 0.2) is 54.6 Å². The third-order valence-electron chi connectivity index (χ3n) is 4.85. The van der Waals surface area contributed by atoms with Gasteiger partial charge in [-0.25, -0.2) is 9.59 Å². The van der Waals surface area contributed by atoms with E-state index in [4.69, 9.17) is 23.7 Å². The van der Waals surface area contributed by atoms with Crippen LogP contribution in [-0.4, -0.2) is 55.5 Å². The summed E-state index contributed by atoms with van der Waals surface area (Å²) in [4.78, 5) is 36.2.